The van der Waals surface area contributed by atoms with Crippen LogP contribution in [0.15, 0.2) is 0 Å². The molecule has 0 spiro atoms. The number of rotatable bonds is 4. The summed E-state index contributed by atoms with van der Waals surface area (Å²) in [5.41, 5.74) is 0. The second kappa shape index (κ2) is 6.44. The van der Waals surface area contributed by atoms with E-state index in [1.54, 1.807) is 4.90 Å². The molecule has 1 N–H and O–H groups in total. The summed E-state index contributed by atoms with van der Waals surface area (Å²) in [7, 11) is 0. The molecule has 0 aromatic heterocycles. The van der Waals surface area contributed by atoms with Crippen LogP contribution in [-0.2, 0) is 9.53 Å². The fourth-order valence-electron chi connectivity index (χ4n) is 1.59. The fourth-order valence-corrected chi connectivity index (χ4v) is 1.59. The normalized spacial score (nSPS) is 20.7. The number of carbonyl (C=O) groups is 1. The second-order valence-electron chi connectivity index (χ2n) is 3.55. The molecule has 0 saturated carbocycles. The summed E-state index contributed by atoms with van der Waals surface area (Å²) in [5, 5.41) is 3.13. The van der Waals surface area contributed by atoms with Gasteiger partial charge in [0.05, 0.1) is 19.8 Å². The van der Waals surface area contributed by atoms with Gasteiger partial charge in [0.1, 0.15) is 6.04 Å². The number of carbonyl (C=O) groups excluding carboxylic acids is 1. The van der Waals surface area contributed by atoms with Crippen molar-refractivity contribution >= 4 is 5.91 Å². The van der Waals surface area contributed by atoms with Crippen molar-refractivity contribution < 1.29 is 9.53 Å². The first-order valence-electron chi connectivity index (χ1n) is 5.33. The lowest BCUT2D eigenvalue weighted by Gasteiger charge is -2.28. The third kappa shape index (κ3) is 3.54. The van der Waals surface area contributed by atoms with Gasteiger partial charge in [0.2, 0.25) is 5.91 Å². The van der Waals surface area contributed by atoms with E-state index >= 15 is 0 Å². The Morgan fingerprint density at radius 3 is 3.07 bits per heavy atom. The Hall–Kier alpha value is -1.05. The molecule has 1 fully saturated rings. The Balaban J connectivity index is 2.50. The van der Waals surface area contributed by atoms with Gasteiger partial charge in [-0.25, -0.2) is 0 Å². The van der Waals surface area contributed by atoms with Gasteiger partial charge < -0.3 is 15.0 Å². The summed E-state index contributed by atoms with van der Waals surface area (Å²) in [6.45, 7) is 4.97. The summed E-state index contributed by atoms with van der Waals surface area (Å²) in [4.78, 5) is 13.7. The molecule has 1 aliphatic heterocycles. The Morgan fingerprint density at radius 2 is 2.53 bits per heavy atom. The van der Waals surface area contributed by atoms with Crippen molar-refractivity contribution in [2.75, 3.05) is 32.8 Å². The lowest BCUT2D eigenvalue weighted by molar-refractivity contribution is -0.135. The molecule has 0 aromatic carbocycles. The first kappa shape index (κ1) is 12.0. The third-order valence-corrected chi connectivity index (χ3v) is 2.31. The smallest absolute Gasteiger partial charge is 0.242 e. The van der Waals surface area contributed by atoms with E-state index in [9.17, 15) is 4.79 Å². The van der Waals surface area contributed by atoms with Gasteiger partial charge in [0.15, 0.2) is 0 Å². The lowest BCUT2D eigenvalue weighted by Crippen LogP contribution is -2.52. The summed E-state index contributed by atoms with van der Waals surface area (Å²) in [6, 6.07) is -0.223. The van der Waals surface area contributed by atoms with Gasteiger partial charge in [-0.2, -0.15) is 0 Å². The van der Waals surface area contributed by atoms with Crippen molar-refractivity contribution in [2.45, 2.75) is 19.4 Å². The summed E-state index contributed by atoms with van der Waals surface area (Å²) >= 11 is 0. The molecule has 1 aliphatic rings. The molecule has 0 bridgehead atoms. The number of nitrogens with one attached hydrogen (secondary N) is 1. The van der Waals surface area contributed by atoms with E-state index in [1.807, 2.05) is 6.92 Å². The topological polar surface area (TPSA) is 41.6 Å². The zero-order valence-corrected chi connectivity index (χ0v) is 9.16. The second-order valence-corrected chi connectivity index (χ2v) is 3.55. The highest BCUT2D eigenvalue weighted by atomic mass is 16.5. The quantitative estimate of drug-likeness (QED) is 0.656. The highest BCUT2D eigenvalue weighted by Gasteiger charge is 2.25. The number of nitrogens with zero attached hydrogens (tertiary/aromatic N) is 1. The minimum Gasteiger partial charge on any atom is -0.378 e. The molecule has 1 saturated heterocycles. The highest BCUT2D eigenvalue weighted by molar-refractivity contribution is 5.82. The van der Waals surface area contributed by atoms with Crippen LogP contribution in [0.2, 0.25) is 0 Å². The maximum Gasteiger partial charge on any atom is 0.242 e. The van der Waals surface area contributed by atoms with Crippen molar-refractivity contribution in [1.29, 1.82) is 0 Å². The molecule has 84 valence electrons. The van der Waals surface area contributed by atoms with Crippen molar-refractivity contribution in [1.82, 2.24) is 10.2 Å². The molecule has 1 unspecified atom stereocenters. The number of morpholine rings is 1. The first-order chi connectivity index (χ1) is 7.29. The van der Waals surface area contributed by atoms with Gasteiger partial charge in [0.25, 0.3) is 0 Å². The van der Waals surface area contributed by atoms with Crippen molar-refractivity contribution in [3.05, 3.63) is 0 Å². The molecule has 1 atom stereocenters. The lowest BCUT2D eigenvalue weighted by atomic mass is 10.2. The van der Waals surface area contributed by atoms with Crippen LogP contribution in [0.4, 0.5) is 0 Å². The van der Waals surface area contributed by atoms with Gasteiger partial charge in [-0.3, -0.25) is 4.79 Å². The van der Waals surface area contributed by atoms with Crippen LogP contribution in [0.25, 0.3) is 0 Å². The minimum absolute atomic E-state index is 0.0505. The van der Waals surface area contributed by atoms with Crippen LogP contribution in [-0.4, -0.2) is 49.7 Å². The first-order valence-corrected chi connectivity index (χ1v) is 5.33. The number of terminal acetylenes is 1. The monoisotopic (exact) mass is 210 g/mol. The number of amides is 1. The Bertz CT molecular complexity index is 241. The summed E-state index contributed by atoms with van der Waals surface area (Å²) in [6.07, 6.45) is 6.15. The van der Waals surface area contributed by atoms with Gasteiger partial charge >= 0.3 is 0 Å². The molecule has 1 amide bonds. The molecule has 0 radical (unpaired) electrons. The van der Waals surface area contributed by atoms with E-state index in [-0.39, 0.29) is 11.9 Å². The van der Waals surface area contributed by atoms with Crippen molar-refractivity contribution in [3.63, 3.8) is 0 Å². The zero-order chi connectivity index (χ0) is 11.1. The molecule has 4 nitrogen and oxygen atoms in total. The van der Waals surface area contributed by atoms with E-state index < -0.39 is 0 Å². The average Bonchev–Trinajstić information content (AvgIpc) is 2.29. The van der Waals surface area contributed by atoms with E-state index in [2.05, 4.69) is 11.2 Å². The highest BCUT2D eigenvalue weighted by Crippen LogP contribution is 2.01. The zero-order valence-electron chi connectivity index (χ0n) is 9.16. The molecule has 1 rings (SSSR count). The molecular formula is C11H18N2O2. The molecule has 1 heterocycles. The largest absolute Gasteiger partial charge is 0.378 e. The standard InChI is InChI=1S/C11H18N2O2/c1-3-6-13(7-4-2)11(14)10-9-15-8-5-12-10/h1,10,12H,4-9H2,2H3. The molecular weight excluding hydrogens is 192 g/mol. The minimum atomic E-state index is -0.223. The Kier molecular flexibility index (Phi) is 5.16. The fraction of sp³-hybridized carbons (Fsp3) is 0.727. The maximum atomic E-state index is 12.0. The number of hydrogen-bond donors (Lipinski definition) is 1. The van der Waals surface area contributed by atoms with E-state index in [1.165, 1.54) is 0 Å². The van der Waals surface area contributed by atoms with Gasteiger partial charge in [-0.05, 0) is 6.42 Å². The van der Waals surface area contributed by atoms with Crippen LogP contribution in [0.5, 0.6) is 0 Å². The number of hydrogen-bond acceptors (Lipinski definition) is 3. The molecule has 15 heavy (non-hydrogen) atoms. The Morgan fingerprint density at radius 1 is 1.73 bits per heavy atom. The van der Waals surface area contributed by atoms with Crippen molar-refractivity contribution in [3.8, 4) is 12.3 Å². The molecule has 0 aromatic rings. The number of ether oxygens (including phenoxy) is 1. The Labute approximate surface area is 91.0 Å². The van der Waals surface area contributed by atoms with Crippen LogP contribution in [0, 0.1) is 12.3 Å². The average molecular weight is 210 g/mol. The van der Waals surface area contributed by atoms with E-state index in [0.717, 1.165) is 13.0 Å². The van der Waals surface area contributed by atoms with Gasteiger partial charge in [-0.15, -0.1) is 6.42 Å². The summed E-state index contributed by atoms with van der Waals surface area (Å²) < 4.78 is 5.25. The SMILES string of the molecule is C#CCN(CCC)C(=O)C1COCCN1. The van der Waals surface area contributed by atoms with Crippen LogP contribution in [0.1, 0.15) is 13.3 Å². The third-order valence-electron chi connectivity index (χ3n) is 2.31. The van der Waals surface area contributed by atoms with E-state index in [4.69, 9.17) is 11.2 Å². The van der Waals surface area contributed by atoms with Crippen LogP contribution < -0.4 is 5.32 Å². The van der Waals surface area contributed by atoms with Crippen LogP contribution in [0.3, 0.4) is 0 Å². The van der Waals surface area contributed by atoms with Crippen molar-refractivity contribution in [2.24, 2.45) is 0 Å². The molecule has 0 aliphatic carbocycles. The maximum absolute atomic E-state index is 12.0. The predicted octanol–water partition coefficient (Wildman–Crippen LogP) is -0.153. The summed E-state index contributed by atoms with van der Waals surface area (Å²) in [5.74, 6) is 2.56. The van der Waals surface area contributed by atoms with Gasteiger partial charge in [0, 0.05) is 13.1 Å². The van der Waals surface area contributed by atoms with E-state index in [0.29, 0.717) is 26.3 Å². The van der Waals surface area contributed by atoms with Gasteiger partial charge in [-0.1, -0.05) is 12.8 Å². The predicted molar refractivity (Wildman–Crippen MR) is 58.3 cm³/mol. The van der Waals surface area contributed by atoms with Crippen LogP contribution >= 0.6 is 0 Å². The molecule has 4 heteroatoms.